The maximum atomic E-state index is 12.6. The van der Waals surface area contributed by atoms with Crippen molar-refractivity contribution in [3.63, 3.8) is 0 Å². The Bertz CT molecular complexity index is 853. The number of carbonyl (C=O) groups is 1. The lowest BCUT2D eigenvalue weighted by molar-refractivity contribution is 0.0977. The van der Waals surface area contributed by atoms with E-state index in [1.807, 2.05) is 37.3 Å². The van der Waals surface area contributed by atoms with Gasteiger partial charge in [-0.3, -0.25) is 10.1 Å². The number of para-hydroxylation sites is 2. The lowest BCUT2D eigenvalue weighted by Crippen LogP contribution is -2.38. The zero-order valence-corrected chi connectivity index (χ0v) is 17.6. The van der Waals surface area contributed by atoms with E-state index in [0.717, 1.165) is 30.9 Å². The van der Waals surface area contributed by atoms with Gasteiger partial charge in [0.05, 0.1) is 30.7 Å². The molecule has 0 radical (unpaired) electrons. The zero-order valence-electron chi connectivity index (χ0n) is 16.8. The largest absolute Gasteiger partial charge is 0.491 e. The topological polar surface area (TPSA) is 62.8 Å². The van der Waals surface area contributed by atoms with Gasteiger partial charge in [-0.1, -0.05) is 25.1 Å². The third kappa shape index (κ3) is 5.92. The molecule has 0 spiro atoms. The molecule has 1 aliphatic heterocycles. The van der Waals surface area contributed by atoms with Gasteiger partial charge in [-0.25, -0.2) is 0 Å². The fourth-order valence-corrected chi connectivity index (χ4v) is 3.22. The van der Waals surface area contributed by atoms with Gasteiger partial charge in [0, 0.05) is 18.7 Å². The van der Waals surface area contributed by atoms with Gasteiger partial charge in [0.2, 0.25) is 0 Å². The zero-order chi connectivity index (χ0) is 20.6. The number of hydrogen-bond acceptors (Lipinski definition) is 5. The smallest absolute Gasteiger partial charge is 0.257 e. The highest BCUT2D eigenvalue weighted by molar-refractivity contribution is 7.80. The quantitative estimate of drug-likeness (QED) is 0.702. The van der Waals surface area contributed by atoms with Gasteiger partial charge in [-0.05, 0) is 55.9 Å². The second-order valence-corrected chi connectivity index (χ2v) is 7.30. The van der Waals surface area contributed by atoms with Crippen LogP contribution in [0.4, 0.5) is 11.4 Å². The van der Waals surface area contributed by atoms with Gasteiger partial charge in [-0.2, -0.15) is 0 Å². The molecule has 1 aliphatic rings. The lowest BCUT2D eigenvalue weighted by atomic mass is 10.2. The van der Waals surface area contributed by atoms with Gasteiger partial charge in [-0.15, -0.1) is 0 Å². The van der Waals surface area contributed by atoms with Crippen LogP contribution >= 0.6 is 12.2 Å². The molecule has 6 nitrogen and oxygen atoms in total. The standard InChI is InChI=1S/C22H27N3O3S/c1-3-16(2)28-18-8-6-7-17(15-18)21(26)24-22(29)23-19-9-4-5-10-20(19)25-11-13-27-14-12-25/h4-10,15-16H,3,11-14H2,1-2H3,(H2,23,24,26,29). The molecule has 0 bridgehead atoms. The third-order valence-corrected chi connectivity index (χ3v) is 4.94. The van der Waals surface area contributed by atoms with E-state index < -0.39 is 0 Å². The van der Waals surface area contributed by atoms with E-state index in [2.05, 4.69) is 22.5 Å². The Kier molecular flexibility index (Phi) is 7.43. The number of nitrogens with one attached hydrogen (secondary N) is 2. The van der Waals surface area contributed by atoms with E-state index >= 15 is 0 Å². The molecular weight excluding hydrogens is 386 g/mol. The second-order valence-electron chi connectivity index (χ2n) is 6.89. The van der Waals surface area contributed by atoms with Crippen LogP contribution in [0.3, 0.4) is 0 Å². The molecule has 2 aromatic carbocycles. The number of thiocarbonyl (C=S) groups is 1. The van der Waals surface area contributed by atoms with Crippen molar-refractivity contribution in [2.45, 2.75) is 26.4 Å². The second kappa shape index (κ2) is 10.2. The van der Waals surface area contributed by atoms with Crippen molar-refractivity contribution in [3.8, 4) is 5.75 Å². The number of nitrogens with zero attached hydrogens (tertiary/aromatic N) is 1. The molecule has 0 saturated carbocycles. The van der Waals surface area contributed by atoms with Gasteiger partial charge in [0.25, 0.3) is 5.91 Å². The number of amides is 1. The average molecular weight is 414 g/mol. The summed E-state index contributed by atoms with van der Waals surface area (Å²) in [6.07, 6.45) is 0.986. The number of ether oxygens (including phenoxy) is 2. The first-order valence-electron chi connectivity index (χ1n) is 9.87. The van der Waals surface area contributed by atoms with Crippen LogP contribution in [0, 0.1) is 0 Å². The van der Waals surface area contributed by atoms with E-state index in [9.17, 15) is 4.79 Å². The summed E-state index contributed by atoms with van der Waals surface area (Å²) in [7, 11) is 0. The molecule has 29 heavy (non-hydrogen) atoms. The number of morpholine rings is 1. The number of hydrogen-bond donors (Lipinski definition) is 2. The summed E-state index contributed by atoms with van der Waals surface area (Å²) in [6.45, 7) is 7.09. The molecule has 3 rings (SSSR count). The third-order valence-electron chi connectivity index (χ3n) is 4.74. The maximum absolute atomic E-state index is 12.6. The van der Waals surface area contributed by atoms with E-state index in [1.54, 1.807) is 18.2 Å². The van der Waals surface area contributed by atoms with E-state index in [-0.39, 0.29) is 17.1 Å². The van der Waals surface area contributed by atoms with Crippen LogP contribution in [0.2, 0.25) is 0 Å². The SMILES string of the molecule is CCC(C)Oc1cccc(C(=O)NC(=S)Nc2ccccc2N2CCOCC2)c1. The van der Waals surface area contributed by atoms with Crippen molar-refractivity contribution in [2.24, 2.45) is 0 Å². The molecule has 0 aromatic heterocycles. The van der Waals surface area contributed by atoms with Gasteiger partial charge < -0.3 is 19.7 Å². The molecule has 2 aromatic rings. The summed E-state index contributed by atoms with van der Waals surface area (Å²) in [5.74, 6) is 0.393. The average Bonchev–Trinajstić information content (AvgIpc) is 2.74. The van der Waals surface area contributed by atoms with Crippen LogP contribution in [-0.4, -0.2) is 43.4 Å². The Balaban J connectivity index is 1.64. The van der Waals surface area contributed by atoms with Crippen molar-refractivity contribution in [1.29, 1.82) is 0 Å². The fourth-order valence-electron chi connectivity index (χ4n) is 3.01. The number of carbonyl (C=O) groups excluding carboxylic acids is 1. The lowest BCUT2D eigenvalue weighted by Gasteiger charge is -2.30. The Morgan fingerprint density at radius 3 is 2.72 bits per heavy atom. The Hall–Kier alpha value is -2.64. The van der Waals surface area contributed by atoms with Crippen LogP contribution in [-0.2, 0) is 4.74 Å². The normalized spacial score (nSPS) is 14.8. The molecule has 1 fully saturated rings. The summed E-state index contributed by atoms with van der Waals surface area (Å²) < 4.78 is 11.2. The highest BCUT2D eigenvalue weighted by atomic mass is 32.1. The highest BCUT2D eigenvalue weighted by Crippen LogP contribution is 2.26. The van der Waals surface area contributed by atoms with E-state index in [0.29, 0.717) is 24.5 Å². The first-order valence-corrected chi connectivity index (χ1v) is 10.3. The number of rotatable bonds is 6. The summed E-state index contributed by atoms with van der Waals surface area (Å²) in [6, 6.07) is 15.0. The van der Waals surface area contributed by atoms with Crippen LogP contribution in [0.5, 0.6) is 5.75 Å². The minimum atomic E-state index is -0.277. The van der Waals surface area contributed by atoms with Crippen LogP contribution < -0.4 is 20.3 Å². The molecule has 1 heterocycles. The fraction of sp³-hybridized carbons (Fsp3) is 0.364. The van der Waals surface area contributed by atoms with Crippen LogP contribution in [0.25, 0.3) is 0 Å². The Morgan fingerprint density at radius 2 is 1.97 bits per heavy atom. The molecule has 1 atom stereocenters. The predicted octanol–water partition coefficient (Wildman–Crippen LogP) is 3.83. The van der Waals surface area contributed by atoms with Crippen LogP contribution in [0.1, 0.15) is 30.6 Å². The van der Waals surface area contributed by atoms with Crippen molar-refractivity contribution in [3.05, 3.63) is 54.1 Å². The van der Waals surface area contributed by atoms with Crippen molar-refractivity contribution >= 4 is 34.6 Å². The molecule has 2 N–H and O–H groups in total. The van der Waals surface area contributed by atoms with Gasteiger partial charge >= 0.3 is 0 Å². The Morgan fingerprint density at radius 1 is 1.21 bits per heavy atom. The summed E-state index contributed by atoms with van der Waals surface area (Å²) in [4.78, 5) is 14.9. The maximum Gasteiger partial charge on any atom is 0.257 e. The summed E-state index contributed by atoms with van der Waals surface area (Å²) >= 11 is 5.38. The molecule has 1 saturated heterocycles. The number of benzene rings is 2. The molecule has 0 aliphatic carbocycles. The highest BCUT2D eigenvalue weighted by Gasteiger charge is 2.16. The van der Waals surface area contributed by atoms with Gasteiger partial charge in [0.15, 0.2) is 5.11 Å². The molecule has 1 amide bonds. The molecule has 7 heteroatoms. The minimum absolute atomic E-state index is 0.0905. The van der Waals surface area contributed by atoms with E-state index in [1.165, 1.54) is 0 Å². The van der Waals surface area contributed by atoms with Crippen LogP contribution in [0.15, 0.2) is 48.5 Å². The number of anilines is 2. The summed E-state index contributed by atoms with van der Waals surface area (Å²) in [5.41, 5.74) is 2.39. The Labute approximate surface area is 177 Å². The molecular formula is C22H27N3O3S. The molecule has 154 valence electrons. The van der Waals surface area contributed by atoms with E-state index in [4.69, 9.17) is 21.7 Å². The van der Waals surface area contributed by atoms with Crippen molar-refractivity contribution < 1.29 is 14.3 Å². The monoisotopic (exact) mass is 413 g/mol. The minimum Gasteiger partial charge on any atom is -0.491 e. The van der Waals surface area contributed by atoms with Crippen molar-refractivity contribution in [1.82, 2.24) is 5.32 Å². The summed E-state index contributed by atoms with van der Waals surface area (Å²) in [5, 5.41) is 6.16. The first kappa shape index (κ1) is 21.1. The first-order chi connectivity index (χ1) is 14.1. The predicted molar refractivity (Wildman–Crippen MR) is 120 cm³/mol. The van der Waals surface area contributed by atoms with Crippen molar-refractivity contribution in [2.75, 3.05) is 36.5 Å². The van der Waals surface area contributed by atoms with Gasteiger partial charge in [0.1, 0.15) is 5.75 Å². The molecule has 1 unspecified atom stereocenters.